The number of aryl methyl sites for hydroxylation is 3. The van der Waals surface area contributed by atoms with Crippen molar-refractivity contribution in [1.29, 1.82) is 0 Å². The van der Waals surface area contributed by atoms with Gasteiger partial charge in [0.2, 0.25) is 0 Å². The molecule has 4 nitrogen and oxygen atoms in total. The first-order valence-electron chi connectivity index (χ1n) is 6.13. The Morgan fingerprint density at radius 1 is 1.00 bits per heavy atom. The van der Waals surface area contributed by atoms with Crippen LogP contribution in [0.1, 0.15) is 17.0 Å². The number of nitrogens with zero attached hydrogens (tertiary/aromatic N) is 4. The van der Waals surface area contributed by atoms with Gasteiger partial charge in [0.1, 0.15) is 0 Å². The topological polar surface area (TPSA) is 43.1 Å². The van der Waals surface area contributed by atoms with Gasteiger partial charge in [-0.1, -0.05) is 23.2 Å². The van der Waals surface area contributed by atoms with Crippen LogP contribution in [0.2, 0.25) is 10.2 Å². The maximum atomic E-state index is 6.14. The van der Waals surface area contributed by atoms with Crippen LogP contribution in [0.5, 0.6) is 0 Å². The fraction of sp³-hybridized carbons (Fsp3) is 0.214. The highest BCUT2D eigenvalue weighted by Crippen LogP contribution is 2.27. The molecule has 0 N–H and O–H groups in total. The molecule has 20 heavy (non-hydrogen) atoms. The maximum absolute atomic E-state index is 6.14. The Balaban J connectivity index is 2.37. The van der Waals surface area contributed by atoms with Crippen LogP contribution < -0.4 is 0 Å². The van der Waals surface area contributed by atoms with E-state index in [0.29, 0.717) is 15.8 Å². The van der Waals surface area contributed by atoms with E-state index in [4.69, 9.17) is 23.2 Å². The lowest BCUT2D eigenvalue weighted by Gasteiger charge is -2.08. The van der Waals surface area contributed by atoms with Gasteiger partial charge in [0.05, 0.1) is 5.69 Å². The first kappa shape index (κ1) is 13.3. The van der Waals surface area contributed by atoms with Crippen molar-refractivity contribution in [2.75, 3.05) is 0 Å². The van der Waals surface area contributed by atoms with Crippen molar-refractivity contribution in [3.05, 3.63) is 45.3 Å². The minimum absolute atomic E-state index is 0.352. The van der Waals surface area contributed by atoms with Gasteiger partial charge in [0.15, 0.2) is 16.6 Å². The average molecular weight is 307 g/mol. The summed E-state index contributed by atoms with van der Waals surface area (Å²) in [6.45, 7) is 5.87. The summed E-state index contributed by atoms with van der Waals surface area (Å²) in [4.78, 5) is 4.26. The molecule has 6 heteroatoms. The second-order valence-electron chi connectivity index (χ2n) is 4.77. The van der Waals surface area contributed by atoms with Crippen molar-refractivity contribution in [1.82, 2.24) is 19.6 Å². The third-order valence-corrected chi connectivity index (χ3v) is 3.74. The SMILES string of the molecule is Cc1cc(Cl)cc(-c2nnc3c(Cl)nc(C)c(C)n23)c1. The Bertz CT molecular complexity index is 803. The number of fused-ring (bicyclic) bond motifs is 1. The maximum Gasteiger partial charge on any atom is 0.199 e. The predicted molar refractivity (Wildman–Crippen MR) is 80.4 cm³/mol. The zero-order valence-electron chi connectivity index (χ0n) is 11.3. The quantitative estimate of drug-likeness (QED) is 0.682. The van der Waals surface area contributed by atoms with Crippen LogP contribution in [-0.2, 0) is 0 Å². The number of hydrogen-bond acceptors (Lipinski definition) is 3. The molecule has 0 aliphatic carbocycles. The Kier molecular flexibility index (Phi) is 3.15. The van der Waals surface area contributed by atoms with Crippen molar-refractivity contribution in [3.63, 3.8) is 0 Å². The largest absolute Gasteiger partial charge is 0.275 e. The van der Waals surface area contributed by atoms with Crippen molar-refractivity contribution < 1.29 is 0 Å². The summed E-state index contributed by atoms with van der Waals surface area (Å²) < 4.78 is 1.91. The zero-order chi connectivity index (χ0) is 14.4. The van der Waals surface area contributed by atoms with E-state index in [2.05, 4.69) is 15.2 Å². The molecule has 0 saturated carbocycles. The van der Waals surface area contributed by atoms with E-state index < -0.39 is 0 Å². The van der Waals surface area contributed by atoms with Gasteiger partial charge >= 0.3 is 0 Å². The van der Waals surface area contributed by atoms with Crippen LogP contribution in [0.15, 0.2) is 18.2 Å². The summed E-state index contributed by atoms with van der Waals surface area (Å²) >= 11 is 12.3. The molecule has 0 unspecified atom stereocenters. The molecule has 1 aromatic carbocycles. The van der Waals surface area contributed by atoms with Gasteiger partial charge < -0.3 is 0 Å². The van der Waals surface area contributed by atoms with E-state index in [-0.39, 0.29) is 0 Å². The molecule has 2 heterocycles. The van der Waals surface area contributed by atoms with Gasteiger partial charge in [-0.15, -0.1) is 10.2 Å². The van der Waals surface area contributed by atoms with E-state index in [1.165, 1.54) is 0 Å². The summed E-state index contributed by atoms with van der Waals surface area (Å²) in [5.41, 5.74) is 4.35. The monoisotopic (exact) mass is 306 g/mol. The standard InChI is InChI=1S/C14H12Cl2N4/c1-7-4-10(6-11(15)5-7)13-18-19-14-12(16)17-8(2)9(3)20(13)14/h4-6H,1-3H3. The molecule has 0 aliphatic heterocycles. The molecule has 0 amide bonds. The third kappa shape index (κ3) is 2.05. The fourth-order valence-electron chi connectivity index (χ4n) is 2.23. The minimum atomic E-state index is 0.352. The Morgan fingerprint density at radius 2 is 1.75 bits per heavy atom. The normalized spacial score (nSPS) is 11.2. The smallest absolute Gasteiger partial charge is 0.199 e. The first-order valence-corrected chi connectivity index (χ1v) is 6.88. The van der Waals surface area contributed by atoms with Crippen LogP contribution in [0, 0.1) is 20.8 Å². The number of halogens is 2. The van der Waals surface area contributed by atoms with Gasteiger partial charge in [0, 0.05) is 16.3 Å². The van der Waals surface area contributed by atoms with Crippen LogP contribution in [-0.4, -0.2) is 19.6 Å². The van der Waals surface area contributed by atoms with Crippen LogP contribution in [0.3, 0.4) is 0 Å². The zero-order valence-corrected chi connectivity index (χ0v) is 12.8. The second-order valence-corrected chi connectivity index (χ2v) is 5.57. The molecule has 0 spiro atoms. The lowest BCUT2D eigenvalue weighted by atomic mass is 10.1. The highest BCUT2D eigenvalue weighted by atomic mass is 35.5. The number of hydrogen-bond donors (Lipinski definition) is 0. The molecule has 0 saturated heterocycles. The van der Waals surface area contributed by atoms with Crippen molar-refractivity contribution in [2.24, 2.45) is 0 Å². The van der Waals surface area contributed by atoms with Gasteiger partial charge in [-0.05, 0) is 44.5 Å². The van der Waals surface area contributed by atoms with Crippen molar-refractivity contribution in [2.45, 2.75) is 20.8 Å². The fourth-order valence-corrected chi connectivity index (χ4v) is 2.77. The van der Waals surface area contributed by atoms with E-state index >= 15 is 0 Å². The van der Waals surface area contributed by atoms with E-state index in [9.17, 15) is 0 Å². The molecule has 3 aromatic rings. The minimum Gasteiger partial charge on any atom is -0.275 e. The highest BCUT2D eigenvalue weighted by Gasteiger charge is 2.15. The van der Waals surface area contributed by atoms with E-state index in [0.717, 1.165) is 28.3 Å². The van der Waals surface area contributed by atoms with Gasteiger partial charge in [-0.25, -0.2) is 4.98 Å². The summed E-state index contributed by atoms with van der Waals surface area (Å²) in [6.07, 6.45) is 0. The number of benzene rings is 1. The molecule has 0 bridgehead atoms. The average Bonchev–Trinajstić information content (AvgIpc) is 2.80. The molecular formula is C14H12Cl2N4. The lowest BCUT2D eigenvalue weighted by molar-refractivity contribution is 1.000. The Morgan fingerprint density at radius 3 is 2.45 bits per heavy atom. The Hall–Kier alpha value is -1.65. The van der Waals surface area contributed by atoms with Gasteiger partial charge in [-0.2, -0.15) is 0 Å². The molecule has 0 radical (unpaired) electrons. The highest BCUT2D eigenvalue weighted by molar-refractivity contribution is 6.32. The van der Waals surface area contributed by atoms with Crippen molar-refractivity contribution >= 4 is 28.8 Å². The van der Waals surface area contributed by atoms with Crippen LogP contribution in [0.25, 0.3) is 17.0 Å². The van der Waals surface area contributed by atoms with Crippen LogP contribution >= 0.6 is 23.2 Å². The summed E-state index contributed by atoms with van der Waals surface area (Å²) in [5, 5.41) is 9.40. The first-order chi connectivity index (χ1) is 9.47. The molecular weight excluding hydrogens is 295 g/mol. The second kappa shape index (κ2) is 4.72. The number of aromatic nitrogens is 4. The number of rotatable bonds is 1. The summed E-state index contributed by atoms with van der Waals surface area (Å²) in [5.74, 6) is 0.718. The lowest BCUT2D eigenvalue weighted by Crippen LogP contribution is -2.01. The Labute approximate surface area is 126 Å². The molecule has 3 rings (SSSR count). The summed E-state index contributed by atoms with van der Waals surface area (Å²) in [6, 6.07) is 5.79. The van der Waals surface area contributed by atoms with Crippen molar-refractivity contribution in [3.8, 4) is 11.4 Å². The third-order valence-electron chi connectivity index (χ3n) is 3.27. The van der Waals surface area contributed by atoms with Crippen LogP contribution in [0.4, 0.5) is 0 Å². The van der Waals surface area contributed by atoms with E-state index in [1.54, 1.807) is 0 Å². The summed E-state index contributed by atoms with van der Waals surface area (Å²) in [7, 11) is 0. The molecule has 102 valence electrons. The molecule has 2 aromatic heterocycles. The molecule has 0 fully saturated rings. The predicted octanol–water partition coefficient (Wildman–Crippen LogP) is 4.02. The molecule has 0 atom stereocenters. The van der Waals surface area contributed by atoms with Gasteiger partial charge in [0.25, 0.3) is 0 Å². The van der Waals surface area contributed by atoms with E-state index in [1.807, 2.05) is 43.4 Å². The molecule has 0 aliphatic rings. The van der Waals surface area contributed by atoms with Gasteiger partial charge in [-0.3, -0.25) is 4.40 Å².